The second-order valence-electron chi connectivity index (χ2n) is 5.57. The molecule has 0 radical (unpaired) electrons. The molecule has 0 saturated carbocycles. The van der Waals surface area contributed by atoms with E-state index in [9.17, 15) is 20.1 Å². The Hall–Kier alpha value is -1.39. The average molecular weight is 387 g/mol. The number of carbonyl (C=O) groups excluding carboxylic acids is 1. The molecule has 0 aliphatic carbocycles. The number of thiocarbonyl (C=S) groups is 1. The Bertz CT molecular complexity index is 614. The summed E-state index contributed by atoms with van der Waals surface area (Å²) in [5, 5.41) is 32.0. The fourth-order valence-corrected chi connectivity index (χ4v) is 3.35. The molecule has 0 unspecified atom stereocenters. The van der Waals surface area contributed by atoms with E-state index in [-0.39, 0.29) is 23.3 Å². The van der Waals surface area contributed by atoms with Gasteiger partial charge in [-0.25, -0.2) is 0 Å². The van der Waals surface area contributed by atoms with Crippen molar-refractivity contribution < 1.29 is 29.0 Å². The van der Waals surface area contributed by atoms with Gasteiger partial charge in [-0.3, -0.25) is 4.79 Å². The molecule has 0 bridgehead atoms. The first kappa shape index (κ1) is 19.9. The maximum Gasteiger partial charge on any atom is 0.221 e. The lowest BCUT2D eigenvalue weighted by Gasteiger charge is -2.36. The third-order valence-corrected chi connectivity index (χ3v) is 4.91. The zero-order chi connectivity index (χ0) is 18.4. The largest absolute Gasteiger partial charge is 0.507 e. The summed E-state index contributed by atoms with van der Waals surface area (Å²) in [6.45, 7) is 1.77. The lowest BCUT2D eigenvalue weighted by molar-refractivity contribution is -0.124. The van der Waals surface area contributed by atoms with E-state index in [0.717, 1.165) is 12.0 Å². The first-order valence-electron chi connectivity index (χ1n) is 7.86. The van der Waals surface area contributed by atoms with E-state index in [1.807, 2.05) is 6.92 Å². The molecule has 0 aromatic heterocycles. The van der Waals surface area contributed by atoms with E-state index in [2.05, 4.69) is 5.32 Å². The molecule has 138 valence electrons. The molecular formula is C16H21NO6S2. The molecule has 2 rings (SSSR count). The van der Waals surface area contributed by atoms with Crippen molar-refractivity contribution in [2.24, 2.45) is 0 Å². The number of aliphatic hydroxyl groups excluding tert-OH is 2. The number of hydrogen-bond donors (Lipinski definition) is 4. The highest BCUT2D eigenvalue weighted by molar-refractivity contribution is 7.95. The van der Waals surface area contributed by atoms with E-state index in [1.165, 1.54) is 6.07 Å². The number of aromatic hydroxyl groups is 1. The van der Waals surface area contributed by atoms with Crippen molar-refractivity contribution in [3.8, 4) is 5.75 Å². The van der Waals surface area contributed by atoms with Gasteiger partial charge in [-0.05, 0) is 30.8 Å². The highest BCUT2D eigenvalue weighted by Gasteiger charge is 2.40. The number of ether oxygens (including phenoxy) is 1. The van der Waals surface area contributed by atoms with Crippen LogP contribution in [0.4, 0.5) is 0 Å². The molecule has 1 aliphatic rings. The maximum absolute atomic E-state index is 11.6. The van der Waals surface area contributed by atoms with Crippen LogP contribution in [-0.4, -0.2) is 56.6 Å². The number of phenols is 1. The van der Waals surface area contributed by atoms with Gasteiger partial charge in [0, 0.05) is 18.5 Å². The monoisotopic (exact) mass is 387 g/mol. The quantitative estimate of drug-likeness (QED) is 0.424. The van der Waals surface area contributed by atoms with Crippen molar-refractivity contribution in [2.75, 3.05) is 6.61 Å². The highest BCUT2D eigenvalue weighted by Crippen LogP contribution is 2.28. The second-order valence-corrected chi connectivity index (χ2v) is 6.83. The van der Waals surface area contributed by atoms with Crippen LogP contribution in [0.2, 0.25) is 0 Å². The van der Waals surface area contributed by atoms with Crippen molar-refractivity contribution >= 4 is 35.2 Å². The van der Waals surface area contributed by atoms with Gasteiger partial charge in [0.2, 0.25) is 5.91 Å². The second kappa shape index (κ2) is 9.35. The number of aliphatic hydroxyl groups is 2. The van der Waals surface area contributed by atoms with Crippen molar-refractivity contribution in [3.05, 3.63) is 29.8 Å². The molecular weight excluding hydrogens is 366 g/mol. The highest BCUT2D eigenvalue weighted by atomic mass is 32.2. The molecule has 1 aromatic carbocycles. The molecule has 7 nitrogen and oxygen atoms in total. The van der Waals surface area contributed by atoms with Crippen molar-refractivity contribution in [1.29, 1.82) is 0 Å². The van der Waals surface area contributed by atoms with Crippen LogP contribution >= 0.6 is 24.3 Å². The van der Waals surface area contributed by atoms with Crippen molar-refractivity contribution in [2.45, 2.75) is 43.5 Å². The van der Waals surface area contributed by atoms with Gasteiger partial charge >= 0.3 is 0 Å². The van der Waals surface area contributed by atoms with E-state index in [0.29, 0.717) is 18.4 Å². The molecule has 4 atom stereocenters. The van der Waals surface area contributed by atoms with Gasteiger partial charge in [0.15, 0.2) is 5.05 Å². The van der Waals surface area contributed by atoms with Crippen molar-refractivity contribution in [3.63, 3.8) is 0 Å². The predicted molar refractivity (Wildman–Crippen MR) is 97.1 cm³/mol. The summed E-state index contributed by atoms with van der Waals surface area (Å²) >= 11 is 5.98. The fraction of sp³-hybridized carbons (Fsp3) is 0.500. The number of benzene rings is 1. The molecule has 1 amide bonds. The van der Waals surface area contributed by atoms with Gasteiger partial charge in [-0.15, -0.1) is 0 Å². The Morgan fingerprint density at radius 1 is 1.36 bits per heavy atom. The first-order chi connectivity index (χ1) is 11.9. The van der Waals surface area contributed by atoms with Crippen LogP contribution in [-0.2, 0) is 13.7 Å². The minimum absolute atomic E-state index is 0.00859. The summed E-state index contributed by atoms with van der Waals surface area (Å²) in [6, 6.07) is 6.47. The minimum atomic E-state index is -1.25. The van der Waals surface area contributed by atoms with Gasteiger partial charge in [0.1, 0.15) is 36.0 Å². The third kappa shape index (κ3) is 5.29. The number of rotatable bonds is 6. The van der Waals surface area contributed by atoms with Crippen LogP contribution in [0, 0.1) is 0 Å². The van der Waals surface area contributed by atoms with Crippen LogP contribution in [0.1, 0.15) is 25.3 Å². The Balaban J connectivity index is 1.87. The maximum atomic E-state index is 11.6. The first-order valence-corrected chi connectivity index (χ1v) is 9.08. The van der Waals surface area contributed by atoms with Gasteiger partial charge in [0.05, 0.1) is 5.56 Å². The van der Waals surface area contributed by atoms with Gasteiger partial charge in [-0.2, -0.15) is 0 Å². The summed E-state index contributed by atoms with van der Waals surface area (Å²) in [6.07, 6.45) is -2.26. The molecule has 4 N–H and O–H groups in total. The fourth-order valence-electron chi connectivity index (χ4n) is 2.22. The Morgan fingerprint density at radius 3 is 2.76 bits per heavy atom. The summed E-state index contributed by atoms with van der Waals surface area (Å²) in [5.41, 5.74) is 0.362. The van der Waals surface area contributed by atoms with Gasteiger partial charge < -0.3 is 29.6 Å². The SMILES string of the molecule is CCCC(=O)N[C@H]1SO[C@H](COC(=S)c2ccccc2O)[C@@H](O)[C@@H]1O. The van der Waals surface area contributed by atoms with Crippen LogP contribution < -0.4 is 5.32 Å². The standard InChI is InChI=1S/C16H21NO6S2/c1-2-5-12(19)17-15-14(21)13(20)11(23-25-15)8-22-16(24)9-6-3-4-7-10(9)18/h3-4,6-7,11,13-15,18,20-21H,2,5,8H2,1H3,(H,17,19)/t11-,13-,14+,15+/m1/s1. The van der Waals surface area contributed by atoms with Crippen LogP contribution in [0.3, 0.4) is 0 Å². The molecule has 25 heavy (non-hydrogen) atoms. The Labute approximate surface area is 155 Å². The third-order valence-electron chi connectivity index (χ3n) is 3.61. The molecule has 1 fully saturated rings. The van der Waals surface area contributed by atoms with Gasteiger partial charge in [0.25, 0.3) is 0 Å². The van der Waals surface area contributed by atoms with E-state index >= 15 is 0 Å². The molecule has 1 saturated heterocycles. The molecule has 1 heterocycles. The summed E-state index contributed by atoms with van der Waals surface area (Å²) in [7, 11) is 0. The van der Waals surface area contributed by atoms with Gasteiger partial charge in [-0.1, -0.05) is 19.1 Å². The van der Waals surface area contributed by atoms with Crippen LogP contribution in [0.25, 0.3) is 0 Å². The predicted octanol–water partition coefficient (Wildman–Crippen LogP) is 1.10. The molecule has 9 heteroatoms. The number of carbonyl (C=O) groups is 1. The van der Waals surface area contributed by atoms with Crippen molar-refractivity contribution in [1.82, 2.24) is 5.32 Å². The topological polar surface area (TPSA) is 108 Å². The number of amides is 1. The van der Waals surface area contributed by atoms with E-state index in [1.54, 1.807) is 18.2 Å². The van der Waals surface area contributed by atoms with Crippen LogP contribution in [0.15, 0.2) is 24.3 Å². The zero-order valence-electron chi connectivity index (χ0n) is 13.6. The van der Waals surface area contributed by atoms with E-state index in [4.69, 9.17) is 21.1 Å². The normalized spacial score (nSPS) is 26.0. The number of para-hydroxylation sites is 1. The summed E-state index contributed by atoms with van der Waals surface area (Å²) < 4.78 is 10.8. The summed E-state index contributed by atoms with van der Waals surface area (Å²) in [4.78, 5) is 11.6. The number of hydrogen-bond acceptors (Lipinski definition) is 8. The molecule has 1 aliphatic heterocycles. The minimum Gasteiger partial charge on any atom is -0.507 e. The Morgan fingerprint density at radius 2 is 2.08 bits per heavy atom. The lowest BCUT2D eigenvalue weighted by Crippen LogP contribution is -2.55. The number of phenolic OH excluding ortho intramolecular Hbond substituents is 1. The molecule has 1 aromatic rings. The number of nitrogens with one attached hydrogen (secondary N) is 1. The summed E-state index contributed by atoms with van der Waals surface area (Å²) in [5.74, 6) is -0.226. The smallest absolute Gasteiger partial charge is 0.221 e. The van der Waals surface area contributed by atoms with Crippen LogP contribution in [0.5, 0.6) is 5.75 Å². The average Bonchev–Trinajstić information content (AvgIpc) is 2.59. The van der Waals surface area contributed by atoms with E-state index < -0.39 is 23.7 Å². The lowest BCUT2D eigenvalue weighted by atomic mass is 10.1. The molecule has 0 spiro atoms. The Kier molecular flexibility index (Phi) is 7.45. The zero-order valence-corrected chi connectivity index (χ0v) is 15.3.